The molecule has 0 spiro atoms. The molecule has 1 heterocycles. The van der Waals surface area contributed by atoms with Crippen LogP contribution < -0.4 is 10.5 Å². The molecule has 3 N–H and O–H groups in total. The van der Waals surface area contributed by atoms with Crippen molar-refractivity contribution in [2.75, 3.05) is 5.73 Å². The van der Waals surface area contributed by atoms with Gasteiger partial charge in [-0.05, 0) is 17.7 Å². The Hall–Kier alpha value is -1.63. The lowest BCUT2D eigenvalue weighted by Crippen LogP contribution is -2.23. The second kappa shape index (κ2) is 5.56. The predicted octanol–water partition coefficient (Wildman–Crippen LogP) is 1.80. The molecule has 19 heavy (non-hydrogen) atoms. The fourth-order valence-corrected chi connectivity index (χ4v) is 2.69. The normalized spacial score (nSPS) is 11.4. The Labute approximate surface area is 116 Å². The van der Waals surface area contributed by atoms with Gasteiger partial charge in [-0.25, -0.2) is 13.1 Å². The topological polar surface area (TPSA) is 85.1 Å². The summed E-state index contributed by atoms with van der Waals surface area (Å²) < 4.78 is 26.5. The van der Waals surface area contributed by atoms with E-state index in [-0.39, 0.29) is 11.4 Å². The Morgan fingerprint density at radius 3 is 2.68 bits per heavy atom. The first-order valence-corrected chi connectivity index (χ1v) is 7.29. The summed E-state index contributed by atoms with van der Waals surface area (Å²) in [4.78, 5) is 3.78. The monoisotopic (exact) mass is 297 g/mol. The molecule has 0 saturated heterocycles. The second-order valence-electron chi connectivity index (χ2n) is 3.87. The van der Waals surface area contributed by atoms with Crippen LogP contribution in [-0.2, 0) is 16.6 Å². The third-order valence-electron chi connectivity index (χ3n) is 2.46. The zero-order valence-corrected chi connectivity index (χ0v) is 11.4. The molecule has 1 aromatic carbocycles. The first-order chi connectivity index (χ1) is 8.99. The molecule has 0 unspecified atom stereocenters. The van der Waals surface area contributed by atoms with Crippen molar-refractivity contribution in [3.63, 3.8) is 0 Å². The van der Waals surface area contributed by atoms with E-state index >= 15 is 0 Å². The summed E-state index contributed by atoms with van der Waals surface area (Å²) in [6.45, 7) is 0.108. The molecule has 7 heteroatoms. The van der Waals surface area contributed by atoms with Crippen LogP contribution in [0.25, 0.3) is 0 Å². The van der Waals surface area contributed by atoms with Crippen molar-refractivity contribution < 1.29 is 8.42 Å². The van der Waals surface area contributed by atoms with Crippen molar-refractivity contribution >= 4 is 27.3 Å². The Balaban J connectivity index is 2.17. The molecule has 0 fully saturated rings. The van der Waals surface area contributed by atoms with Crippen LogP contribution in [0.4, 0.5) is 5.69 Å². The summed E-state index contributed by atoms with van der Waals surface area (Å²) >= 11 is 5.96. The van der Waals surface area contributed by atoms with Crippen molar-refractivity contribution in [1.29, 1.82) is 0 Å². The molecule has 0 aliphatic carbocycles. The van der Waals surface area contributed by atoms with Crippen LogP contribution in [0.15, 0.2) is 47.6 Å². The van der Waals surface area contributed by atoms with Gasteiger partial charge in [-0.3, -0.25) is 4.98 Å². The van der Waals surface area contributed by atoms with Gasteiger partial charge in [-0.2, -0.15) is 0 Å². The molecule has 1 aromatic heterocycles. The van der Waals surface area contributed by atoms with E-state index in [1.165, 1.54) is 18.5 Å². The van der Waals surface area contributed by atoms with Crippen LogP contribution >= 0.6 is 11.6 Å². The molecule has 0 bridgehead atoms. The average Bonchev–Trinajstić information content (AvgIpc) is 2.38. The summed E-state index contributed by atoms with van der Waals surface area (Å²) in [5, 5.41) is 0.510. The molecule has 0 radical (unpaired) electrons. The third kappa shape index (κ3) is 3.44. The van der Waals surface area contributed by atoms with Gasteiger partial charge in [0.25, 0.3) is 0 Å². The fraction of sp³-hybridized carbons (Fsp3) is 0.0833. The number of hydrogen-bond acceptors (Lipinski definition) is 4. The van der Waals surface area contributed by atoms with E-state index in [0.717, 1.165) is 0 Å². The molecule has 0 atom stereocenters. The van der Waals surface area contributed by atoms with Gasteiger partial charge in [0.1, 0.15) is 4.90 Å². The number of nitrogens with zero attached hydrogens (tertiary/aromatic N) is 1. The molecule has 2 rings (SSSR count). The van der Waals surface area contributed by atoms with Crippen molar-refractivity contribution in [3.8, 4) is 0 Å². The maximum Gasteiger partial charge on any atom is 0.242 e. The van der Waals surface area contributed by atoms with E-state index in [9.17, 15) is 8.42 Å². The number of pyridine rings is 1. The van der Waals surface area contributed by atoms with Crippen molar-refractivity contribution in [2.45, 2.75) is 11.4 Å². The molecule has 100 valence electrons. The molecule has 2 aromatic rings. The fourth-order valence-electron chi connectivity index (χ4n) is 1.48. The van der Waals surface area contributed by atoms with Gasteiger partial charge >= 0.3 is 0 Å². The summed E-state index contributed by atoms with van der Waals surface area (Å²) in [6, 6.07) is 8.37. The number of aromatic nitrogens is 1. The summed E-state index contributed by atoms with van der Waals surface area (Å²) in [5.74, 6) is 0. The highest BCUT2D eigenvalue weighted by Gasteiger charge is 2.14. The van der Waals surface area contributed by atoms with Gasteiger partial charge < -0.3 is 5.73 Å². The summed E-state index contributed by atoms with van der Waals surface area (Å²) in [6.07, 6.45) is 2.62. The first-order valence-electron chi connectivity index (χ1n) is 5.42. The maximum atomic E-state index is 12.0. The van der Waals surface area contributed by atoms with Gasteiger partial charge in [0.2, 0.25) is 10.0 Å². The number of nitrogens with two attached hydrogens (primary N) is 1. The number of sulfonamides is 1. The summed E-state index contributed by atoms with van der Waals surface area (Å²) in [5.41, 5.74) is 6.50. The molecular weight excluding hydrogens is 286 g/mol. The smallest absolute Gasteiger partial charge is 0.242 e. The minimum absolute atomic E-state index is 0.0274. The number of nitrogen functional groups attached to an aromatic ring is 1. The molecule has 5 nitrogen and oxygen atoms in total. The van der Waals surface area contributed by atoms with Crippen molar-refractivity contribution in [3.05, 3.63) is 53.3 Å². The number of nitrogens with one attached hydrogen (secondary N) is 1. The van der Waals surface area contributed by atoms with Gasteiger partial charge in [0.05, 0.1) is 5.69 Å². The number of hydrogen-bond donors (Lipinski definition) is 2. The quantitative estimate of drug-likeness (QED) is 0.901. The Bertz CT molecular complexity index is 689. The van der Waals surface area contributed by atoms with Gasteiger partial charge in [-0.1, -0.05) is 29.8 Å². The maximum absolute atomic E-state index is 12.0. The predicted molar refractivity (Wildman–Crippen MR) is 74.1 cm³/mol. The van der Waals surface area contributed by atoms with E-state index in [1.807, 2.05) is 0 Å². The Morgan fingerprint density at radius 1 is 1.26 bits per heavy atom. The summed E-state index contributed by atoms with van der Waals surface area (Å²) in [7, 11) is -3.65. The van der Waals surface area contributed by atoms with E-state index in [1.54, 1.807) is 24.3 Å². The van der Waals surface area contributed by atoms with Crippen molar-refractivity contribution in [2.24, 2.45) is 0 Å². The number of anilines is 1. The molecule has 0 aliphatic heterocycles. The number of halogens is 1. The zero-order valence-electron chi connectivity index (χ0n) is 9.88. The lowest BCUT2D eigenvalue weighted by atomic mass is 10.2. The molecule has 0 aliphatic rings. The zero-order chi connectivity index (χ0) is 13.9. The van der Waals surface area contributed by atoms with E-state index in [4.69, 9.17) is 17.3 Å². The highest BCUT2D eigenvalue weighted by molar-refractivity contribution is 7.89. The molecule has 0 saturated carbocycles. The SMILES string of the molecule is Nc1cncc(S(=O)(=O)NCc2ccccc2Cl)c1. The van der Waals surface area contributed by atoms with Crippen LogP contribution in [-0.4, -0.2) is 13.4 Å². The van der Waals surface area contributed by atoms with Crippen LogP contribution in [0.5, 0.6) is 0 Å². The Kier molecular flexibility index (Phi) is 4.04. The highest BCUT2D eigenvalue weighted by atomic mass is 35.5. The van der Waals surface area contributed by atoms with Crippen LogP contribution in [0.2, 0.25) is 5.02 Å². The van der Waals surface area contributed by atoms with E-state index in [0.29, 0.717) is 16.3 Å². The average molecular weight is 298 g/mol. The number of benzene rings is 1. The number of rotatable bonds is 4. The molecule has 0 amide bonds. The van der Waals surface area contributed by atoms with Crippen LogP contribution in [0.1, 0.15) is 5.56 Å². The van der Waals surface area contributed by atoms with E-state index in [2.05, 4.69) is 9.71 Å². The molecular formula is C12H12ClN3O2S. The standard InChI is InChI=1S/C12H12ClN3O2S/c13-12-4-2-1-3-9(12)6-16-19(17,18)11-5-10(14)7-15-8-11/h1-5,7-8,16H,6,14H2. The third-order valence-corrected chi connectivity index (χ3v) is 4.19. The largest absolute Gasteiger partial charge is 0.397 e. The Morgan fingerprint density at radius 2 is 2.00 bits per heavy atom. The van der Waals surface area contributed by atoms with E-state index < -0.39 is 10.0 Å². The minimum Gasteiger partial charge on any atom is -0.397 e. The van der Waals surface area contributed by atoms with Crippen LogP contribution in [0.3, 0.4) is 0 Å². The van der Waals surface area contributed by atoms with Gasteiger partial charge in [0, 0.05) is 24.0 Å². The lowest BCUT2D eigenvalue weighted by Gasteiger charge is -2.08. The van der Waals surface area contributed by atoms with Gasteiger partial charge in [-0.15, -0.1) is 0 Å². The van der Waals surface area contributed by atoms with Crippen molar-refractivity contribution in [1.82, 2.24) is 9.71 Å². The highest BCUT2D eigenvalue weighted by Crippen LogP contribution is 2.16. The first kappa shape index (κ1) is 13.8. The minimum atomic E-state index is -3.65. The van der Waals surface area contributed by atoms with Crippen LogP contribution in [0, 0.1) is 0 Å². The second-order valence-corrected chi connectivity index (χ2v) is 6.04. The van der Waals surface area contributed by atoms with Gasteiger partial charge in [0.15, 0.2) is 0 Å². The lowest BCUT2D eigenvalue weighted by molar-refractivity contribution is 0.581.